The fourth-order valence-electron chi connectivity index (χ4n) is 2.33. The molecule has 0 aromatic carbocycles. The molecule has 0 saturated carbocycles. The van der Waals surface area contributed by atoms with E-state index in [2.05, 4.69) is 16.9 Å². The van der Waals surface area contributed by atoms with Gasteiger partial charge in [-0.3, -0.25) is 0 Å². The van der Waals surface area contributed by atoms with Crippen molar-refractivity contribution in [2.24, 2.45) is 0 Å². The largest absolute Gasteiger partial charge is 0.477 e. The minimum absolute atomic E-state index is 0.212. The van der Waals surface area contributed by atoms with Crippen LogP contribution in [0.25, 0.3) is 0 Å². The third kappa shape index (κ3) is 3.33. The molecule has 0 amide bonds. The summed E-state index contributed by atoms with van der Waals surface area (Å²) >= 11 is 5.74. The lowest BCUT2D eigenvalue weighted by Crippen LogP contribution is -2.26. The highest BCUT2D eigenvalue weighted by Gasteiger charge is 2.20. The summed E-state index contributed by atoms with van der Waals surface area (Å²) in [5, 5.41) is 0. The van der Waals surface area contributed by atoms with E-state index in [-0.39, 0.29) is 11.7 Å². The number of alkyl halides is 1. The Hall–Kier alpha value is -0.870. The summed E-state index contributed by atoms with van der Waals surface area (Å²) in [6.45, 7) is 1.75. The zero-order valence-electron chi connectivity index (χ0n) is 10.5. The topological polar surface area (TPSA) is 25.4 Å². The van der Waals surface area contributed by atoms with Crippen molar-refractivity contribution >= 4 is 11.6 Å². The van der Waals surface area contributed by atoms with Gasteiger partial charge in [0.1, 0.15) is 5.82 Å². The number of nitrogens with zero attached hydrogens (tertiary/aromatic N) is 2. The van der Waals surface area contributed by atoms with Crippen LogP contribution in [0.3, 0.4) is 0 Å². The second-order valence-corrected chi connectivity index (χ2v) is 4.93. The summed E-state index contributed by atoms with van der Waals surface area (Å²) in [7, 11) is 2.14. The predicted octanol–water partition coefficient (Wildman–Crippen LogP) is 2.82. The summed E-state index contributed by atoms with van der Waals surface area (Å²) in [4.78, 5) is 6.29. The normalized spacial score (nSPS) is 20.3. The third-order valence-electron chi connectivity index (χ3n) is 3.40. The van der Waals surface area contributed by atoms with Crippen LogP contribution in [-0.4, -0.2) is 36.1 Å². The number of hydrogen-bond acceptors (Lipinski definition) is 3. The molecule has 2 heterocycles. The number of ether oxygens (including phenoxy) is 1. The minimum Gasteiger partial charge on any atom is -0.477 e. The standard InChI is InChI=1S/C13H18ClFN2O/c1-17-5-2-3-12(17)4-6-18-13-10(8-14)7-11(15)9-16-13/h7,9,12H,2-6,8H2,1H3. The zero-order valence-corrected chi connectivity index (χ0v) is 11.3. The van der Waals surface area contributed by atoms with Crippen molar-refractivity contribution in [3.05, 3.63) is 23.6 Å². The van der Waals surface area contributed by atoms with Crippen LogP contribution in [0.15, 0.2) is 12.3 Å². The fraction of sp³-hybridized carbons (Fsp3) is 0.615. The van der Waals surface area contributed by atoms with Crippen molar-refractivity contribution < 1.29 is 9.13 Å². The fourth-order valence-corrected chi connectivity index (χ4v) is 2.52. The lowest BCUT2D eigenvalue weighted by molar-refractivity contribution is 0.227. The maximum absolute atomic E-state index is 13.0. The minimum atomic E-state index is -0.381. The van der Waals surface area contributed by atoms with Gasteiger partial charge in [-0.05, 0) is 38.9 Å². The van der Waals surface area contributed by atoms with Gasteiger partial charge >= 0.3 is 0 Å². The molecule has 1 aromatic rings. The van der Waals surface area contributed by atoms with Crippen molar-refractivity contribution in [1.29, 1.82) is 0 Å². The monoisotopic (exact) mass is 272 g/mol. The van der Waals surface area contributed by atoms with Gasteiger partial charge in [0.15, 0.2) is 0 Å². The molecule has 5 heteroatoms. The Morgan fingerprint density at radius 1 is 1.61 bits per heavy atom. The number of halogens is 2. The molecule has 100 valence electrons. The lowest BCUT2D eigenvalue weighted by Gasteiger charge is -2.19. The first-order valence-electron chi connectivity index (χ1n) is 6.24. The van der Waals surface area contributed by atoms with E-state index in [1.165, 1.54) is 18.9 Å². The molecule has 0 N–H and O–H groups in total. The number of aromatic nitrogens is 1. The van der Waals surface area contributed by atoms with Crippen LogP contribution >= 0.6 is 11.6 Å². The Morgan fingerprint density at radius 2 is 2.44 bits per heavy atom. The lowest BCUT2D eigenvalue weighted by atomic mass is 10.1. The Labute approximate surface area is 112 Å². The van der Waals surface area contributed by atoms with Gasteiger partial charge in [-0.15, -0.1) is 11.6 Å². The molecule has 1 aliphatic heterocycles. The first kappa shape index (κ1) is 13.6. The van der Waals surface area contributed by atoms with E-state index in [9.17, 15) is 4.39 Å². The quantitative estimate of drug-likeness (QED) is 0.771. The molecule has 1 unspecified atom stereocenters. The molecule has 1 aromatic heterocycles. The average molecular weight is 273 g/mol. The number of hydrogen-bond donors (Lipinski definition) is 0. The highest BCUT2D eigenvalue weighted by molar-refractivity contribution is 6.17. The highest BCUT2D eigenvalue weighted by atomic mass is 35.5. The summed E-state index contributed by atoms with van der Waals surface area (Å²) in [6, 6.07) is 1.96. The zero-order chi connectivity index (χ0) is 13.0. The summed E-state index contributed by atoms with van der Waals surface area (Å²) in [6.07, 6.45) is 4.60. The Kier molecular flexibility index (Phi) is 4.78. The van der Waals surface area contributed by atoms with Crippen molar-refractivity contribution in [2.75, 3.05) is 20.2 Å². The van der Waals surface area contributed by atoms with Gasteiger partial charge in [0.25, 0.3) is 0 Å². The second-order valence-electron chi connectivity index (χ2n) is 4.67. The summed E-state index contributed by atoms with van der Waals surface area (Å²) < 4.78 is 18.6. The molecule has 2 rings (SSSR count). The van der Waals surface area contributed by atoms with Crippen LogP contribution in [0.5, 0.6) is 5.88 Å². The van der Waals surface area contributed by atoms with E-state index in [1.807, 2.05) is 0 Å². The van der Waals surface area contributed by atoms with Gasteiger partial charge in [-0.2, -0.15) is 0 Å². The van der Waals surface area contributed by atoms with Crippen molar-refractivity contribution in [3.8, 4) is 5.88 Å². The first-order valence-corrected chi connectivity index (χ1v) is 6.77. The summed E-state index contributed by atoms with van der Waals surface area (Å²) in [5.74, 6) is 0.282. The maximum atomic E-state index is 13.0. The molecule has 1 fully saturated rings. The molecule has 3 nitrogen and oxygen atoms in total. The van der Waals surface area contributed by atoms with Crippen LogP contribution in [0.2, 0.25) is 0 Å². The number of pyridine rings is 1. The van der Waals surface area contributed by atoms with Crippen LogP contribution in [0.1, 0.15) is 24.8 Å². The van der Waals surface area contributed by atoms with Gasteiger partial charge in [-0.25, -0.2) is 9.37 Å². The molecule has 0 radical (unpaired) electrons. The van der Waals surface area contributed by atoms with Gasteiger partial charge < -0.3 is 9.64 Å². The Balaban J connectivity index is 1.86. The number of likely N-dealkylation sites (tertiary alicyclic amines) is 1. The van der Waals surface area contributed by atoms with E-state index in [1.54, 1.807) is 0 Å². The molecule has 0 aliphatic carbocycles. The van der Waals surface area contributed by atoms with E-state index in [0.717, 1.165) is 19.2 Å². The molecule has 1 atom stereocenters. The van der Waals surface area contributed by atoms with Gasteiger partial charge in [0.2, 0.25) is 5.88 Å². The van der Waals surface area contributed by atoms with Crippen LogP contribution in [-0.2, 0) is 5.88 Å². The molecular weight excluding hydrogens is 255 g/mol. The summed E-state index contributed by atoms with van der Waals surface area (Å²) in [5.41, 5.74) is 0.608. The molecule has 1 aliphatic rings. The smallest absolute Gasteiger partial charge is 0.217 e. The van der Waals surface area contributed by atoms with Crippen LogP contribution in [0.4, 0.5) is 4.39 Å². The van der Waals surface area contributed by atoms with Crippen LogP contribution < -0.4 is 4.74 Å². The highest BCUT2D eigenvalue weighted by Crippen LogP contribution is 2.21. The van der Waals surface area contributed by atoms with E-state index in [0.29, 0.717) is 24.1 Å². The Morgan fingerprint density at radius 3 is 3.11 bits per heavy atom. The maximum Gasteiger partial charge on any atom is 0.217 e. The third-order valence-corrected chi connectivity index (χ3v) is 3.69. The Bertz CT molecular complexity index is 403. The molecule has 0 bridgehead atoms. The second kappa shape index (κ2) is 6.34. The number of rotatable bonds is 5. The predicted molar refractivity (Wildman–Crippen MR) is 69.5 cm³/mol. The van der Waals surface area contributed by atoms with Crippen molar-refractivity contribution in [3.63, 3.8) is 0 Å². The van der Waals surface area contributed by atoms with E-state index < -0.39 is 0 Å². The van der Waals surface area contributed by atoms with E-state index >= 15 is 0 Å². The van der Waals surface area contributed by atoms with Crippen molar-refractivity contribution in [2.45, 2.75) is 31.2 Å². The van der Waals surface area contributed by atoms with Crippen LogP contribution in [0, 0.1) is 5.82 Å². The van der Waals surface area contributed by atoms with Crippen molar-refractivity contribution in [1.82, 2.24) is 9.88 Å². The molecule has 18 heavy (non-hydrogen) atoms. The van der Waals surface area contributed by atoms with Gasteiger partial charge in [0, 0.05) is 11.6 Å². The van der Waals surface area contributed by atoms with E-state index in [4.69, 9.17) is 16.3 Å². The molecular formula is C13H18ClFN2O. The SMILES string of the molecule is CN1CCCC1CCOc1ncc(F)cc1CCl. The molecule has 1 saturated heterocycles. The molecule has 0 spiro atoms. The van der Waals surface area contributed by atoms with Gasteiger partial charge in [-0.1, -0.05) is 0 Å². The van der Waals surface area contributed by atoms with Gasteiger partial charge in [0.05, 0.1) is 18.7 Å². The average Bonchev–Trinajstić information content (AvgIpc) is 2.77. The first-order chi connectivity index (χ1) is 8.70.